The average molecular weight is 344 g/mol. The Morgan fingerprint density at radius 2 is 2.08 bits per heavy atom. The van der Waals surface area contributed by atoms with Gasteiger partial charge >= 0.3 is 0 Å². The summed E-state index contributed by atoms with van der Waals surface area (Å²) in [5.41, 5.74) is 1.54. The number of rotatable bonds is 6. The summed E-state index contributed by atoms with van der Waals surface area (Å²) in [4.78, 5) is 25.7. The zero-order valence-corrected chi connectivity index (χ0v) is 14.1. The number of thiophene rings is 1. The van der Waals surface area contributed by atoms with Crippen LogP contribution in [0.25, 0.3) is 0 Å². The third-order valence-electron chi connectivity index (χ3n) is 3.61. The maximum Gasteiger partial charge on any atom is 0.238 e. The van der Waals surface area contributed by atoms with Crippen LogP contribution in [0, 0.1) is 13.8 Å². The fraction of sp³-hybridized carbons (Fsp3) is 0.235. The summed E-state index contributed by atoms with van der Waals surface area (Å²) in [6.45, 7) is 3.97. The van der Waals surface area contributed by atoms with Gasteiger partial charge in [-0.05, 0) is 38.1 Å². The number of nitrogens with zero attached hydrogens (tertiary/aromatic N) is 1. The Kier molecular flexibility index (Phi) is 4.61. The van der Waals surface area contributed by atoms with Crippen LogP contribution in [0.3, 0.4) is 0 Å². The first-order valence-corrected chi connectivity index (χ1v) is 8.21. The number of furan rings is 1. The van der Waals surface area contributed by atoms with Gasteiger partial charge in [0.1, 0.15) is 5.76 Å². The molecular weight excluding hydrogens is 328 g/mol. The highest BCUT2D eigenvalue weighted by Crippen LogP contribution is 2.20. The monoisotopic (exact) mass is 344 g/mol. The van der Waals surface area contributed by atoms with Gasteiger partial charge in [0.25, 0.3) is 0 Å². The number of amides is 1. The summed E-state index contributed by atoms with van der Waals surface area (Å²) in [5, 5.41) is 6.68. The number of hydrogen-bond donors (Lipinski definition) is 1. The first-order chi connectivity index (χ1) is 11.5. The van der Waals surface area contributed by atoms with Crippen molar-refractivity contribution in [3.05, 3.63) is 63.1 Å². The quantitative estimate of drug-likeness (QED) is 0.695. The first kappa shape index (κ1) is 16.2. The molecule has 7 heteroatoms. The molecule has 3 aromatic heterocycles. The van der Waals surface area contributed by atoms with E-state index in [1.54, 1.807) is 25.1 Å². The number of aryl methyl sites for hydroxylation is 2. The predicted molar refractivity (Wildman–Crippen MR) is 88.0 cm³/mol. The minimum absolute atomic E-state index is 0.114. The summed E-state index contributed by atoms with van der Waals surface area (Å²) in [5.74, 6) is 0.700. The maximum atomic E-state index is 12.2. The van der Waals surface area contributed by atoms with Gasteiger partial charge in [0.05, 0.1) is 29.8 Å². The van der Waals surface area contributed by atoms with E-state index in [0.29, 0.717) is 22.9 Å². The van der Waals surface area contributed by atoms with E-state index in [-0.39, 0.29) is 18.1 Å². The predicted octanol–water partition coefficient (Wildman–Crippen LogP) is 3.04. The summed E-state index contributed by atoms with van der Waals surface area (Å²) in [7, 11) is 0. The smallest absolute Gasteiger partial charge is 0.238 e. The molecule has 6 nitrogen and oxygen atoms in total. The summed E-state index contributed by atoms with van der Waals surface area (Å²) in [6.07, 6.45) is 1.70. The van der Waals surface area contributed by atoms with Crippen LogP contribution in [0.1, 0.15) is 37.3 Å². The molecule has 24 heavy (non-hydrogen) atoms. The highest BCUT2D eigenvalue weighted by Gasteiger charge is 2.16. The van der Waals surface area contributed by atoms with Gasteiger partial charge in [-0.3, -0.25) is 9.59 Å². The molecule has 0 aliphatic carbocycles. The van der Waals surface area contributed by atoms with E-state index >= 15 is 0 Å². The van der Waals surface area contributed by atoms with Crippen molar-refractivity contribution in [2.75, 3.05) is 0 Å². The topological polar surface area (TPSA) is 85.3 Å². The molecule has 1 N–H and O–H groups in total. The number of aromatic nitrogens is 1. The Morgan fingerprint density at radius 3 is 2.75 bits per heavy atom. The van der Waals surface area contributed by atoms with Gasteiger partial charge in [0.15, 0.2) is 5.76 Å². The zero-order valence-electron chi connectivity index (χ0n) is 13.3. The fourth-order valence-corrected chi connectivity index (χ4v) is 3.18. The summed E-state index contributed by atoms with van der Waals surface area (Å²) in [6, 6.07) is 6.88. The van der Waals surface area contributed by atoms with Crippen molar-refractivity contribution in [1.82, 2.24) is 10.5 Å². The van der Waals surface area contributed by atoms with Crippen molar-refractivity contribution in [3.8, 4) is 0 Å². The molecule has 124 valence electrons. The van der Waals surface area contributed by atoms with Crippen molar-refractivity contribution >= 4 is 23.0 Å². The molecule has 1 amide bonds. The average Bonchev–Trinajstić information content (AvgIpc) is 3.30. The third kappa shape index (κ3) is 3.46. The van der Waals surface area contributed by atoms with E-state index in [1.807, 2.05) is 13.0 Å². The van der Waals surface area contributed by atoms with E-state index in [4.69, 9.17) is 8.94 Å². The Balaban J connectivity index is 1.57. The molecule has 3 heterocycles. The van der Waals surface area contributed by atoms with Crippen LogP contribution in [0.4, 0.5) is 0 Å². The molecule has 0 bridgehead atoms. The lowest BCUT2D eigenvalue weighted by atomic mass is 10.1. The maximum absolute atomic E-state index is 12.2. The molecular formula is C17H16N2O4S. The van der Waals surface area contributed by atoms with Gasteiger partial charge in [-0.25, -0.2) is 0 Å². The van der Waals surface area contributed by atoms with Crippen molar-refractivity contribution < 1.29 is 18.5 Å². The Hall–Kier alpha value is -2.67. The highest BCUT2D eigenvalue weighted by molar-refractivity contribution is 7.14. The highest BCUT2D eigenvalue weighted by atomic mass is 32.1. The van der Waals surface area contributed by atoms with Crippen LogP contribution < -0.4 is 5.32 Å². The van der Waals surface area contributed by atoms with Crippen molar-refractivity contribution in [1.29, 1.82) is 0 Å². The normalized spacial score (nSPS) is 10.8. The van der Waals surface area contributed by atoms with Gasteiger partial charge in [0, 0.05) is 10.4 Å². The van der Waals surface area contributed by atoms with Gasteiger partial charge in [-0.1, -0.05) is 5.16 Å². The molecule has 3 rings (SSSR count). The van der Waals surface area contributed by atoms with E-state index < -0.39 is 0 Å². The van der Waals surface area contributed by atoms with Crippen LogP contribution in [0.5, 0.6) is 0 Å². The van der Waals surface area contributed by atoms with Crippen LogP contribution in [0.15, 0.2) is 39.5 Å². The molecule has 3 aromatic rings. The van der Waals surface area contributed by atoms with Gasteiger partial charge in [0.2, 0.25) is 11.7 Å². The molecule has 0 aliphatic heterocycles. The van der Waals surface area contributed by atoms with Gasteiger partial charge in [-0.2, -0.15) is 0 Å². The summed E-state index contributed by atoms with van der Waals surface area (Å²) < 4.78 is 10.2. The molecule has 0 saturated carbocycles. The molecule has 0 spiro atoms. The molecule has 0 atom stereocenters. The van der Waals surface area contributed by atoms with Crippen LogP contribution in [0.2, 0.25) is 0 Å². The second kappa shape index (κ2) is 6.84. The third-order valence-corrected chi connectivity index (χ3v) is 4.69. The van der Waals surface area contributed by atoms with E-state index in [0.717, 1.165) is 16.1 Å². The number of nitrogens with one attached hydrogen (secondary N) is 1. The molecule has 0 saturated heterocycles. The SMILES string of the molecule is Cc1noc(C)c1CC(=O)NCc1ccc(C(=O)c2ccco2)s1. The van der Waals surface area contributed by atoms with E-state index in [2.05, 4.69) is 10.5 Å². The molecule has 0 fully saturated rings. The Labute approximate surface area is 142 Å². The second-order valence-electron chi connectivity index (χ2n) is 5.33. The van der Waals surface area contributed by atoms with Gasteiger partial charge < -0.3 is 14.3 Å². The number of carbonyl (C=O) groups excluding carboxylic acids is 2. The lowest BCUT2D eigenvalue weighted by Crippen LogP contribution is -2.24. The molecule has 0 radical (unpaired) electrons. The first-order valence-electron chi connectivity index (χ1n) is 7.40. The van der Waals surface area contributed by atoms with Gasteiger partial charge in [-0.15, -0.1) is 11.3 Å². The van der Waals surface area contributed by atoms with Crippen LogP contribution >= 0.6 is 11.3 Å². The minimum atomic E-state index is -0.154. The largest absolute Gasteiger partial charge is 0.461 e. The zero-order chi connectivity index (χ0) is 17.1. The van der Waals surface area contributed by atoms with E-state index in [9.17, 15) is 9.59 Å². The number of carbonyl (C=O) groups is 2. The second-order valence-corrected chi connectivity index (χ2v) is 6.50. The Morgan fingerprint density at radius 1 is 1.25 bits per heavy atom. The standard InChI is InChI=1S/C17H16N2O4S/c1-10-13(11(2)23-19-10)8-16(20)18-9-12-5-6-15(24-12)17(21)14-4-3-7-22-14/h3-7H,8-9H2,1-2H3,(H,18,20). The van der Waals surface area contributed by atoms with Crippen molar-refractivity contribution in [2.24, 2.45) is 0 Å². The Bertz CT molecular complexity index is 842. The van der Waals surface area contributed by atoms with Crippen LogP contribution in [-0.2, 0) is 17.8 Å². The molecule has 0 unspecified atom stereocenters. The number of ketones is 1. The number of hydrogen-bond acceptors (Lipinski definition) is 6. The molecule has 0 aliphatic rings. The lowest BCUT2D eigenvalue weighted by molar-refractivity contribution is -0.120. The lowest BCUT2D eigenvalue weighted by Gasteiger charge is -2.03. The minimum Gasteiger partial charge on any atom is -0.461 e. The van der Waals surface area contributed by atoms with Crippen molar-refractivity contribution in [3.63, 3.8) is 0 Å². The van der Waals surface area contributed by atoms with Crippen molar-refractivity contribution in [2.45, 2.75) is 26.8 Å². The molecule has 0 aromatic carbocycles. The van der Waals surface area contributed by atoms with Crippen LogP contribution in [-0.4, -0.2) is 16.8 Å². The van der Waals surface area contributed by atoms with E-state index in [1.165, 1.54) is 17.6 Å². The fourth-order valence-electron chi connectivity index (χ4n) is 2.29. The summed E-state index contributed by atoms with van der Waals surface area (Å²) >= 11 is 1.34.